The van der Waals surface area contributed by atoms with E-state index < -0.39 is 38.3 Å². The molecule has 1 atom stereocenters. The van der Waals surface area contributed by atoms with Gasteiger partial charge in [0.25, 0.3) is 0 Å². The fourth-order valence-electron chi connectivity index (χ4n) is 4.51. The molecule has 1 unspecified atom stereocenters. The number of fused-ring (bicyclic) bond motifs is 1. The summed E-state index contributed by atoms with van der Waals surface area (Å²) in [5.74, 6) is -2.50. The van der Waals surface area contributed by atoms with Crippen molar-refractivity contribution in [2.24, 2.45) is 0 Å². The van der Waals surface area contributed by atoms with Crippen molar-refractivity contribution in [3.63, 3.8) is 0 Å². The molecule has 0 radical (unpaired) electrons. The lowest BCUT2D eigenvalue weighted by Gasteiger charge is -2.39. The van der Waals surface area contributed by atoms with Crippen LogP contribution in [0.5, 0.6) is 0 Å². The van der Waals surface area contributed by atoms with Crippen LogP contribution in [0.4, 0.5) is 23.2 Å². The minimum Gasteiger partial charge on any atom is -0.480 e. The third-order valence-electron chi connectivity index (χ3n) is 6.18. The van der Waals surface area contributed by atoms with Gasteiger partial charge in [-0.25, -0.2) is 12.8 Å². The first-order valence-electron chi connectivity index (χ1n) is 9.91. The van der Waals surface area contributed by atoms with Gasteiger partial charge in [0.15, 0.2) is 0 Å². The molecule has 2 aromatic carbocycles. The van der Waals surface area contributed by atoms with E-state index in [1.165, 1.54) is 11.0 Å². The molecule has 1 saturated heterocycles. The van der Waals surface area contributed by atoms with Crippen LogP contribution < -0.4 is 4.90 Å². The van der Waals surface area contributed by atoms with Gasteiger partial charge in [-0.2, -0.15) is 17.5 Å². The lowest BCUT2D eigenvalue weighted by Crippen LogP contribution is -2.56. The van der Waals surface area contributed by atoms with Crippen molar-refractivity contribution in [2.75, 3.05) is 31.1 Å². The summed E-state index contributed by atoms with van der Waals surface area (Å²) in [7, 11) is -4.31. The number of aliphatic carboxylic acids is 1. The van der Waals surface area contributed by atoms with Crippen LogP contribution in [-0.2, 0) is 32.2 Å². The summed E-state index contributed by atoms with van der Waals surface area (Å²) in [5.41, 5.74) is -0.245. The zero-order chi connectivity index (χ0) is 23.3. The van der Waals surface area contributed by atoms with Gasteiger partial charge in [0.2, 0.25) is 14.8 Å². The summed E-state index contributed by atoms with van der Waals surface area (Å²) in [4.78, 5) is 13.7. The molecule has 1 fully saturated rings. The highest BCUT2D eigenvalue weighted by Gasteiger charge is 2.58. The van der Waals surface area contributed by atoms with Crippen molar-refractivity contribution in [2.45, 2.75) is 23.8 Å². The Morgan fingerprint density at radius 2 is 1.69 bits per heavy atom. The third-order valence-corrected chi connectivity index (χ3v) is 8.70. The average Bonchev–Trinajstić information content (AvgIpc) is 3.15. The Morgan fingerprint density at radius 1 is 1.03 bits per heavy atom. The number of hydrogen-bond acceptors (Lipinski definition) is 4. The minimum absolute atomic E-state index is 0.0128. The fourth-order valence-corrected chi connectivity index (χ4v) is 6.65. The van der Waals surface area contributed by atoms with E-state index in [0.717, 1.165) is 16.4 Å². The number of aryl methyl sites for hydroxylation is 1. The van der Waals surface area contributed by atoms with Crippen molar-refractivity contribution in [3.05, 3.63) is 65.0 Å². The Kier molecular flexibility index (Phi) is 5.44. The predicted octanol–water partition coefficient (Wildman–Crippen LogP) is 3.22. The maximum absolute atomic E-state index is 14.3. The molecular formula is C21H20F4N2O4S. The van der Waals surface area contributed by atoms with Gasteiger partial charge in [-0.15, -0.1) is 0 Å². The number of nitrogens with zero attached hydrogens (tertiary/aromatic N) is 2. The molecule has 2 aliphatic rings. The summed E-state index contributed by atoms with van der Waals surface area (Å²) in [5, 5.41) is 9.98. The molecule has 0 saturated carbocycles. The largest absolute Gasteiger partial charge is 0.480 e. The monoisotopic (exact) mass is 472 g/mol. The normalized spacial score (nSPS) is 22.1. The van der Waals surface area contributed by atoms with E-state index in [-0.39, 0.29) is 43.9 Å². The molecule has 6 nitrogen and oxygen atoms in total. The number of halogens is 4. The topological polar surface area (TPSA) is 77.9 Å². The molecule has 0 bridgehead atoms. The first-order valence-corrected chi connectivity index (χ1v) is 11.4. The zero-order valence-electron chi connectivity index (χ0n) is 16.8. The number of anilines is 1. The lowest BCUT2D eigenvalue weighted by atomic mass is 10.0. The lowest BCUT2D eigenvalue weighted by molar-refractivity contribution is -0.140. The van der Waals surface area contributed by atoms with E-state index in [2.05, 4.69) is 0 Å². The molecule has 0 aromatic heterocycles. The number of piperazine rings is 1. The maximum Gasteiger partial charge on any atom is 0.416 e. The third kappa shape index (κ3) is 3.43. The van der Waals surface area contributed by atoms with Gasteiger partial charge >= 0.3 is 12.1 Å². The van der Waals surface area contributed by atoms with Crippen molar-refractivity contribution >= 4 is 21.7 Å². The van der Waals surface area contributed by atoms with E-state index in [4.69, 9.17) is 0 Å². The second-order valence-electron chi connectivity index (χ2n) is 7.84. The molecule has 0 spiro atoms. The molecule has 1 heterocycles. The second-order valence-corrected chi connectivity index (χ2v) is 10.0. The first kappa shape index (κ1) is 22.5. The van der Waals surface area contributed by atoms with Crippen LogP contribution in [0, 0.1) is 5.82 Å². The number of sulfonamides is 1. The van der Waals surface area contributed by atoms with Crippen LogP contribution in [0.2, 0.25) is 0 Å². The highest BCUT2D eigenvalue weighted by Crippen LogP contribution is 2.45. The Balaban J connectivity index is 1.57. The predicted molar refractivity (Wildman–Crippen MR) is 108 cm³/mol. The summed E-state index contributed by atoms with van der Waals surface area (Å²) in [6.07, 6.45) is -4.44. The molecule has 4 rings (SSSR count). The van der Waals surface area contributed by atoms with Crippen molar-refractivity contribution < 1.29 is 35.9 Å². The summed E-state index contributed by atoms with van der Waals surface area (Å²) >= 11 is 0. The Bertz CT molecular complexity index is 1160. The Labute approximate surface area is 182 Å². The molecule has 2 aromatic rings. The van der Waals surface area contributed by atoms with Crippen molar-refractivity contribution in [1.82, 2.24) is 4.31 Å². The van der Waals surface area contributed by atoms with Gasteiger partial charge < -0.3 is 10.0 Å². The minimum atomic E-state index is -4.67. The number of alkyl halides is 3. The van der Waals surface area contributed by atoms with Gasteiger partial charge in [-0.05, 0) is 42.2 Å². The molecule has 1 N–H and O–H groups in total. The maximum atomic E-state index is 14.3. The van der Waals surface area contributed by atoms with Crippen LogP contribution in [0.1, 0.15) is 23.1 Å². The molecule has 1 aliphatic carbocycles. The molecule has 1 aliphatic heterocycles. The average molecular weight is 472 g/mol. The van der Waals surface area contributed by atoms with E-state index in [0.29, 0.717) is 18.1 Å². The van der Waals surface area contributed by atoms with Crippen molar-refractivity contribution in [1.29, 1.82) is 0 Å². The van der Waals surface area contributed by atoms with E-state index in [9.17, 15) is 35.9 Å². The molecule has 32 heavy (non-hydrogen) atoms. The van der Waals surface area contributed by atoms with Crippen molar-refractivity contribution in [3.8, 4) is 0 Å². The fraction of sp³-hybridized carbons (Fsp3) is 0.381. The van der Waals surface area contributed by atoms with Crippen LogP contribution in [0.25, 0.3) is 0 Å². The summed E-state index contributed by atoms with van der Waals surface area (Å²) in [6.45, 7) is -0.197. The molecule has 11 heteroatoms. The van der Waals surface area contributed by atoms with Crippen LogP contribution in [0.3, 0.4) is 0 Å². The number of rotatable bonds is 4. The first-order chi connectivity index (χ1) is 15.0. The Hall–Kier alpha value is -2.66. The number of carboxylic acid groups (broad SMARTS) is 1. The van der Waals surface area contributed by atoms with Gasteiger partial charge in [0.05, 0.1) is 11.3 Å². The van der Waals surface area contributed by atoms with E-state index >= 15 is 0 Å². The van der Waals surface area contributed by atoms with Gasteiger partial charge in [-0.1, -0.05) is 24.3 Å². The highest BCUT2D eigenvalue weighted by molar-refractivity contribution is 7.90. The van der Waals surface area contributed by atoms with E-state index in [1.54, 1.807) is 18.2 Å². The van der Waals surface area contributed by atoms with Gasteiger partial charge in [-0.3, -0.25) is 4.79 Å². The second kappa shape index (κ2) is 7.73. The number of carbonyl (C=O) groups is 1. The summed E-state index contributed by atoms with van der Waals surface area (Å²) in [6, 6.07) is 8.75. The number of hydrogen-bond donors (Lipinski definition) is 1. The number of carboxylic acids is 1. The van der Waals surface area contributed by atoms with Gasteiger partial charge in [0, 0.05) is 26.2 Å². The Morgan fingerprint density at radius 3 is 2.28 bits per heavy atom. The summed E-state index contributed by atoms with van der Waals surface area (Å²) < 4.78 is 78.7. The quantitative estimate of drug-likeness (QED) is 0.692. The highest BCUT2D eigenvalue weighted by atomic mass is 32.2. The molecule has 0 amide bonds. The van der Waals surface area contributed by atoms with Crippen LogP contribution >= 0.6 is 0 Å². The van der Waals surface area contributed by atoms with Gasteiger partial charge in [0.1, 0.15) is 5.82 Å². The van der Waals surface area contributed by atoms with Crippen LogP contribution in [-0.4, -0.2) is 50.0 Å². The molecule has 172 valence electrons. The zero-order valence-corrected chi connectivity index (χ0v) is 17.6. The van der Waals surface area contributed by atoms with Crippen LogP contribution in [0.15, 0.2) is 42.5 Å². The SMILES string of the molecule is O=C(O)C1(S(=O)(=O)N2CCN(c3ccc(C(F)(F)F)cc3F)CC2)CCc2ccccc21. The molecular weight excluding hydrogens is 452 g/mol. The van der Waals surface area contributed by atoms with E-state index in [1.807, 2.05) is 0 Å². The standard InChI is InChI=1S/C21H20F4N2O4S/c22-17-13-15(21(23,24)25)5-6-18(17)26-9-11-27(12-10-26)32(30,31)20(19(28)29)8-7-14-3-1-2-4-16(14)20/h1-6,13H,7-12H2,(H,28,29). The number of benzene rings is 2. The smallest absolute Gasteiger partial charge is 0.416 e.